The number of amides is 2. The van der Waals surface area contributed by atoms with Crippen molar-refractivity contribution in [3.05, 3.63) is 53.1 Å². The number of nitrogens with two attached hydrogens (primary N) is 1. The molecule has 0 bridgehead atoms. The molecule has 2 aromatic carbocycles. The summed E-state index contributed by atoms with van der Waals surface area (Å²) in [7, 11) is 1.54. The Balaban J connectivity index is 1.85. The van der Waals surface area contributed by atoms with Crippen LogP contribution in [0.5, 0.6) is 11.6 Å². The molecule has 1 heterocycles. The predicted octanol–water partition coefficient (Wildman–Crippen LogP) is 5.14. The van der Waals surface area contributed by atoms with Gasteiger partial charge in [0.15, 0.2) is 0 Å². The third kappa shape index (κ3) is 3.79. The van der Waals surface area contributed by atoms with Crippen molar-refractivity contribution in [2.75, 3.05) is 12.4 Å². The van der Waals surface area contributed by atoms with Gasteiger partial charge in [-0.15, -0.1) is 0 Å². The maximum Gasteiger partial charge on any atom is 0.326 e. The third-order valence-electron chi connectivity index (χ3n) is 6.42. The average molecular weight is 436 g/mol. The number of aryl methyl sites for hydroxylation is 1. The molecule has 1 fully saturated rings. The zero-order valence-electron chi connectivity index (χ0n) is 18.5. The molecule has 0 atom stereocenters. The second-order valence-electron chi connectivity index (χ2n) is 8.29. The highest BCUT2D eigenvalue weighted by Gasteiger charge is 2.29. The van der Waals surface area contributed by atoms with Gasteiger partial charge >= 0.3 is 6.03 Å². The molecule has 1 aliphatic rings. The van der Waals surface area contributed by atoms with Crippen LogP contribution in [0.3, 0.4) is 0 Å². The molecule has 168 valence electrons. The molecule has 0 unspecified atom stereocenters. The maximum atomic E-state index is 13.5. The molecular formula is C25H29N3O4. The molecule has 1 aliphatic carbocycles. The number of aromatic hydroxyl groups is 1. The fourth-order valence-electron chi connectivity index (χ4n) is 4.79. The Bertz CT molecular complexity index is 1180. The van der Waals surface area contributed by atoms with Crippen LogP contribution in [0.15, 0.2) is 36.4 Å². The number of anilines is 1. The van der Waals surface area contributed by atoms with Crippen molar-refractivity contribution in [3.63, 3.8) is 0 Å². The molecule has 0 saturated heterocycles. The summed E-state index contributed by atoms with van der Waals surface area (Å²) in [5, 5.41) is 14.4. The highest BCUT2D eigenvalue weighted by molar-refractivity contribution is 6.18. The van der Waals surface area contributed by atoms with E-state index in [4.69, 9.17) is 10.5 Å². The molecule has 4 rings (SSSR count). The van der Waals surface area contributed by atoms with Crippen LogP contribution in [0.4, 0.5) is 10.5 Å². The van der Waals surface area contributed by atoms with Gasteiger partial charge < -0.3 is 20.9 Å². The van der Waals surface area contributed by atoms with E-state index in [-0.39, 0.29) is 11.5 Å². The molecule has 0 aliphatic heterocycles. The Labute approximate surface area is 187 Å². The predicted molar refractivity (Wildman–Crippen MR) is 125 cm³/mol. The van der Waals surface area contributed by atoms with Crippen molar-refractivity contribution in [1.29, 1.82) is 0 Å². The Morgan fingerprint density at radius 3 is 2.59 bits per heavy atom. The number of rotatable bonds is 5. The summed E-state index contributed by atoms with van der Waals surface area (Å²) in [4.78, 5) is 25.6. The molecule has 4 N–H and O–H groups in total. The topological polar surface area (TPSA) is 107 Å². The van der Waals surface area contributed by atoms with Crippen LogP contribution in [0.1, 0.15) is 66.4 Å². The first-order valence-electron chi connectivity index (χ1n) is 11.1. The summed E-state index contributed by atoms with van der Waals surface area (Å²) in [6.45, 7) is 2.04. The summed E-state index contributed by atoms with van der Waals surface area (Å²) >= 11 is 0. The summed E-state index contributed by atoms with van der Waals surface area (Å²) in [5.41, 5.74) is 8.60. The van der Waals surface area contributed by atoms with Gasteiger partial charge in [0, 0.05) is 5.39 Å². The minimum absolute atomic E-state index is 0.0570. The number of benzene rings is 2. The van der Waals surface area contributed by atoms with Crippen LogP contribution in [-0.2, 0) is 6.42 Å². The van der Waals surface area contributed by atoms with Gasteiger partial charge in [-0.2, -0.15) is 0 Å². The highest BCUT2D eigenvalue weighted by Crippen LogP contribution is 2.41. The Morgan fingerprint density at radius 2 is 1.94 bits per heavy atom. The van der Waals surface area contributed by atoms with Gasteiger partial charge in [-0.25, -0.2) is 9.36 Å². The van der Waals surface area contributed by atoms with Gasteiger partial charge in [-0.1, -0.05) is 44.4 Å². The van der Waals surface area contributed by atoms with E-state index in [1.54, 1.807) is 19.2 Å². The Kier molecular flexibility index (Phi) is 6.08. The van der Waals surface area contributed by atoms with Crippen molar-refractivity contribution in [3.8, 4) is 11.6 Å². The second kappa shape index (κ2) is 8.94. The number of aromatic nitrogens is 1. The molecule has 1 aromatic heterocycles. The number of hydrogen-bond acceptors (Lipinski definition) is 4. The van der Waals surface area contributed by atoms with Crippen LogP contribution in [0, 0.1) is 0 Å². The molecule has 3 aromatic rings. The number of carbonyl (C=O) groups excluding carboxylic acids is 2. The minimum atomic E-state index is -0.836. The van der Waals surface area contributed by atoms with Crippen LogP contribution in [-0.4, -0.2) is 28.7 Å². The highest BCUT2D eigenvalue weighted by atomic mass is 16.5. The first kappa shape index (κ1) is 21.7. The molecule has 0 spiro atoms. The fraction of sp³-hybridized carbons (Fsp3) is 0.360. The van der Waals surface area contributed by atoms with E-state index in [9.17, 15) is 14.7 Å². The number of methoxy groups -OCH3 is 1. The fourth-order valence-corrected chi connectivity index (χ4v) is 4.79. The number of ether oxygens (including phenoxy) is 1. The van der Waals surface area contributed by atoms with E-state index in [1.165, 1.54) is 6.42 Å². The first-order valence-corrected chi connectivity index (χ1v) is 11.1. The van der Waals surface area contributed by atoms with E-state index in [0.717, 1.165) is 47.8 Å². The van der Waals surface area contributed by atoms with Crippen molar-refractivity contribution in [2.24, 2.45) is 5.73 Å². The van der Waals surface area contributed by atoms with Crippen molar-refractivity contribution in [1.82, 2.24) is 4.57 Å². The molecule has 0 radical (unpaired) electrons. The third-order valence-corrected chi connectivity index (χ3v) is 6.42. The van der Waals surface area contributed by atoms with Crippen LogP contribution < -0.4 is 15.8 Å². The van der Waals surface area contributed by atoms with Crippen molar-refractivity contribution in [2.45, 2.75) is 51.4 Å². The largest absolute Gasteiger partial charge is 0.495 e. The summed E-state index contributed by atoms with van der Waals surface area (Å²) in [5.74, 6) is -0.167. The normalized spacial score (nSPS) is 14.4. The standard InChI is InChI=1S/C25H29N3O4/c1-3-15-12-13-18(20(14-15)32-2)27-23(29)22-21-17(16-8-5-4-6-9-16)10-7-11-19(21)28(24(22)30)25(26)31/h7,10-14,16,30H,3-6,8-9H2,1-2H3,(H2,26,31)(H,27,29). The molecule has 1 saturated carbocycles. The first-order chi connectivity index (χ1) is 15.5. The van der Waals surface area contributed by atoms with Crippen LogP contribution in [0.2, 0.25) is 0 Å². The number of carbonyl (C=O) groups is 2. The van der Waals surface area contributed by atoms with Crippen molar-refractivity contribution < 1.29 is 19.4 Å². The summed E-state index contributed by atoms with van der Waals surface area (Å²) in [6, 6.07) is 10.3. The average Bonchev–Trinajstić information content (AvgIpc) is 3.11. The van der Waals surface area contributed by atoms with E-state index >= 15 is 0 Å². The van der Waals surface area contributed by atoms with Gasteiger partial charge in [-0.3, -0.25) is 4.79 Å². The lowest BCUT2D eigenvalue weighted by Crippen LogP contribution is -2.19. The zero-order valence-corrected chi connectivity index (χ0v) is 18.5. The van der Waals surface area contributed by atoms with Gasteiger partial charge in [0.05, 0.1) is 18.3 Å². The quantitative estimate of drug-likeness (QED) is 0.515. The lowest BCUT2D eigenvalue weighted by molar-refractivity contribution is 0.102. The van der Waals surface area contributed by atoms with E-state index < -0.39 is 17.8 Å². The maximum absolute atomic E-state index is 13.5. The lowest BCUT2D eigenvalue weighted by Gasteiger charge is -2.23. The van der Waals surface area contributed by atoms with Gasteiger partial charge in [-0.05, 0) is 54.5 Å². The van der Waals surface area contributed by atoms with Crippen LogP contribution >= 0.6 is 0 Å². The molecule has 7 nitrogen and oxygen atoms in total. The molecule has 2 amide bonds. The second-order valence-corrected chi connectivity index (χ2v) is 8.29. The van der Waals surface area contributed by atoms with E-state index in [0.29, 0.717) is 22.3 Å². The molecule has 32 heavy (non-hydrogen) atoms. The number of hydrogen-bond donors (Lipinski definition) is 3. The monoisotopic (exact) mass is 435 g/mol. The van der Waals surface area contributed by atoms with Gasteiger partial charge in [0.2, 0.25) is 5.88 Å². The van der Waals surface area contributed by atoms with E-state index in [1.807, 2.05) is 31.2 Å². The smallest absolute Gasteiger partial charge is 0.326 e. The summed E-state index contributed by atoms with van der Waals surface area (Å²) < 4.78 is 6.46. The SMILES string of the molecule is CCc1ccc(NC(=O)c2c(O)n(C(N)=O)c3cccc(C4CCCCC4)c23)c(OC)c1. The van der Waals surface area contributed by atoms with E-state index in [2.05, 4.69) is 5.32 Å². The number of primary amides is 1. The summed E-state index contributed by atoms with van der Waals surface area (Å²) in [6.07, 6.45) is 6.28. The molecule has 7 heteroatoms. The van der Waals surface area contributed by atoms with Crippen LogP contribution in [0.25, 0.3) is 10.9 Å². The number of fused-ring (bicyclic) bond motifs is 1. The minimum Gasteiger partial charge on any atom is -0.495 e. The Morgan fingerprint density at radius 1 is 1.19 bits per heavy atom. The van der Waals surface area contributed by atoms with Gasteiger partial charge in [0.1, 0.15) is 11.3 Å². The lowest BCUT2D eigenvalue weighted by atomic mass is 9.82. The number of nitrogens with zero attached hydrogens (tertiary/aromatic N) is 1. The van der Waals surface area contributed by atoms with Gasteiger partial charge in [0.25, 0.3) is 5.91 Å². The van der Waals surface area contributed by atoms with Crippen molar-refractivity contribution >= 4 is 28.5 Å². The zero-order chi connectivity index (χ0) is 22.8. The number of nitrogens with one attached hydrogen (secondary N) is 1. The Hall–Kier alpha value is -3.48. The molecular weight excluding hydrogens is 406 g/mol.